The Morgan fingerprint density at radius 2 is 0.733 bits per heavy atom. The monoisotopic (exact) mass is 430 g/mol. The van der Waals surface area contributed by atoms with Crippen LogP contribution >= 0.6 is 0 Å². The smallest absolute Gasteiger partial charge is 0.339 e. The molecule has 0 aromatic carbocycles. The molecule has 30 heavy (non-hydrogen) atoms. The number of unbranched alkanes of at least 4 members (excludes halogenated alkanes) is 14. The first-order valence-corrected chi connectivity index (χ1v) is 12.2. The van der Waals surface area contributed by atoms with Crippen LogP contribution in [0.4, 0.5) is 0 Å². The van der Waals surface area contributed by atoms with Gasteiger partial charge in [-0.2, -0.15) is 0 Å². The fourth-order valence-corrected chi connectivity index (χ4v) is 4.01. The highest BCUT2D eigenvalue weighted by molar-refractivity contribution is 5.90. The van der Waals surface area contributed by atoms with E-state index in [1.807, 2.05) is 0 Å². The van der Waals surface area contributed by atoms with E-state index in [1.165, 1.54) is 38.5 Å². The highest BCUT2D eigenvalue weighted by atomic mass is 16.5. The van der Waals surface area contributed by atoms with E-state index in [4.69, 9.17) is 0 Å². The van der Waals surface area contributed by atoms with E-state index in [1.54, 1.807) is 0 Å². The average Bonchev–Trinajstić information content (AvgIpc) is 2.71. The largest absolute Gasteiger partial charge is 0.479 e. The molecule has 0 fully saturated rings. The number of carboxylic acids is 2. The molecule has 0 bridgehead atoms. The van der Waals surface area contributed by atoms with Gasteiger partial charge in [-0.1, -0.05) is 104 Å². The van der Waals surface area contributed by atoms with Crippen LogP contribution in [0, 0.1) is 0 Å². The summed E-state index contributed by atoms with van der Waals surface area (Å²) < 4.78 is 0. The maximum Gasteiger partial charge on any atom is 0.339 e. The summed E-state index contributed by atoms with van der Waals surface area (Å²) in [5.41, 5.74) is -5.33. The van der Waals surface area contributed by atoms with Crippen LogP contribution < -0.4 is 0 Å². The number of hydrogen-bond acceptors (Lipinski definition) is 4. The van der Waals surface area contributed by atoms with Crippen molar-refractivity contribution in [3.05, 3.63) is 0 Å². The molecule has 178 valence electrons. The minimum absolute atomic E-state index is 0.253. The Labute approximate surface area is 183 Å². The van der Waals surface area contributed by atoms with Crippen molar-refractivity contribution >= 4 is 11.9 Å². The lowest BCUT2D eigenvalue weighted by Crippen LogP contribution is -2.63. The van der Waals surface area contributed by atoms with Gasteiger partial charge in [0.25, 0.3) is 0 Å². The van der Waals surface area contributed by atoms with Crippen molar-refractivity contribution in [2.24, 2.45) is 0 Å². The second-order valence-electron chi connectivity index (χ2n) is 8.78. The molecule has 6 heteroatoms. The molecule has 0 spiro atoms. The molecule has 0 radical (unpaired) electrons. The van der Waals surface area contributed by atoms with Crippen LogP contribution in [-0.4, -0.2) is 43.6 Å². The van der Waals surface area contributed by atoms with Crippen molar-refractivity contribution < 1.29 is 30.0 Å². The Morgan fingerprint density at radius 3 is 0.967 bits per heavy atom. The summed E-state index contributed by atoms with van der Waals surface area (Å²) in [5, 5.41) is 40.6. The summed E-state index contributed by atoms with van der Waals surface area (Å²) in [6, 6.07) is 0. The third kappa shape index (κ3) is 10.3. The van der Waals surface area contributed by atoms with Crippen molar-refractivity contribution in [3.63, 3.8) is 0 Å². The first-order chi connectivity index (χ1) is 14.3. The van der Waals surface area contributed by atoms with Gasteiger partial charge in [0.1, 0.15) is 0 Å². The van der Waals surface area contributed by atoms with Crippen LogP contribution in [0.1, 0.15) is 129 Å². The first kappa shape index (κ1) is 28.9. The second kappa shape index (κ2) is 16.5. The molecule has 0 aliphatic rings. The quantitative estimate of drug-likeness (QED) is 0.174. The lowest BCUT2D eigenvalue weighted by atomic mass is 9.75. The van der Waals surface area contributed by atoms with E-state index in [0.29, 0.717) is 12.8 Å². The van der Waals surface area contributed by atoms with Gasteiger partial charge in [0.05, 0.1) is 0 Å². The highest BCUT2D eigenvalue weighted by Gasteiger charge is 2.59. The van der Waals surface area contributed by atoms with Crippen LogP contribution in [0.15, 0.2) is 0 Å². The molecule has 0 aliphatic heterocycles. The molecular formula is C24H46O6. The van der Waals surface area contributed by atoms with Crippen molar-refractivity contribution in [2.45, 2.75) is 141 Å². The standard InChI is InChI=1S/C24H46O6/c1-3-5-7-9-11-13-15-17-19-23(29,21(25)26)24(30,22(27)28)20-18-16-14-12-10-8-6-4-2/h29-30H,3-20H2,1-2H3,(H,25,26)(H,27,28)/t23-,24-/m0/s1. The zero-order valence-corrected chi connectivity index (χ0v) is 19.3. The van der Waals surface area contributed by atoms with Gasteiger partial charge in [0.2, 0.25) is 11.2 Å². The molecule has 6 nitrogen and oxygen atoms in total. The van der Waals surface area contributed by atoms with E-state index in [0.717, 1.165) is 51.4 Å². The Bertz CT molecular complexity index is 425. The van der Waals surface area contributed by atoms with Crippen LogP contribution in [0.5, 0.6) is 0 Å². The molecule has 0 heterocycles. The van der Waals surface area contributed by atoms with Crippen molar-refractivity contribution in [2.75, 3.05) is 0 Å². The molecule has 0 aromatic heterocycles. The Balaban J connectivity index is 4.57. The zero-order chi connectivity index (χ0) is 22.9. The van der Waals surface area contributed by atoms with Gasteiger partial charge in [-0.25, -0.2) is 9.59 Å². The first-order valence-electron chi connectivity index (χ1n) is 12.2. The third-order valence-corrected chi connectivity index (χ3v) is 6.18. The van der Waals surface area contributed by atoms with E-state index >= 15 is 0 Å². The van der Waals surface area contributed by atoms with Gasteiger partial charge in [-0.05, 0) is 25.7 Å². The summed E-state index contributed by atoms with van der Waals surface area (Å²) >= 11 is 0. The summed E-state index contributed by atoms with van der Waals surface area (Å²) in [4.78, 5) is 23.5. The lowest BCUT2D eigenvalue weighted by Gasteiger charge is -2.37. The highest BCUT2D eigenvalue weighted by Crippen LogP contribution is 2.34. The maximum atomic E-state index is 11.8. The SMILES string of the molecule is CCCCCCCCCC[C@](O)(C(=O)O)[C@](O)(CCCCCCCCCC)C(=O)O. The fraction of sp³-hybridized carbons (Fsp3) is 0.917. The van der Waals surface area contributed by atoms with Gasteiger partial charge in [0, 0.05) is 0 Å². The maximum absolute atomic E-state index is 11.8. The Hall–Kier alpha value is -1.14. The Kier molecular flexibility index (Phi) is 15.9. The summed E-state index contributed by atoms with van der Waals surface area (Å²) in [5.74, 6) is -3.31. The van der Waals surface area contributed by atoms with Crippen molar-refractivity contribution in [1.82, 2.24) is 0 Å². The molecule has 0 saturated heterocycles. The molecule has 2 atom stereocenters. The van der Waals surface area contributed by atoms with Crippen LogP contribution in [0.2, 0.25) is 0 Å². The molecule has 0 rings (SSSR count). The van der Waals surface area contributed by atoms with Gasteiger partial charge >= 0.3 is 11.9 Å². The van der Waals surface area contributed by atoms with Gasteiger partial charge in [-0.3, -0.25) is 0 Å². The number of aliphatic carboxylic acids is 2. The van der Waals surface area contributed by atoms with Gasteiger partial charge < -0.3 is 20.4 Å². The van der Waals surface area contributed by atoms with E-state index < -0.39 is 23.1 Å². The zero-order valence-electron chi connectivity index (χ0n) is 19.3. The topological polar surface area (TPSA) is 115 Å². The summed E-state index contributed by atoms with van der Waals surface area (Å²) in [6.45, 7) is 4.31. The molecule has 0 aliphatic carbocycles. The molecule has 0 aromatic rings. The Morgan fingerprint density at radius 1 is 0.500 bits per heavy atom. The van der Waals surface area contributed by atoms with Crippen LogP contribution in [0.25, 0.3) is 0 Å². The third-order valence-electron chi connectivity index (χ3n) is 6.18. The van der Waals surface area contributed by atoms with E-state index in [9.17, 15) is 30.0 Å². The predicted molar refractivity (Wildman–Crippen MR) is 120 cm³/mol. The van der Waals surface area contributed by atoms with E-state index in [2.05, 4.69) is 13.8 Å². The second-order valence-corrected chi connectivity index (χ2v) is 8.78. The number of carbonyl (C=O) groups is 2. The lowest BCUT2D eigenvalue weighted by molar-refractivity contribution is -0.210. The fourth-order valence-electron chi connectivity index (χ4n) is 4.01. The molecule has 0 amide bonds. The molecule has 0 unspecified atom stereocenters. The molecule has 4 N–H and O–H groups in total. The molecule has 0 saturated carbocycles. The van der Waals surface area contributed by atoms with E-state index in [-0.39, 0.29) is 12.8 Å². The van der Waals surface area contributed by atoms with Gasteiger partial charge in [0.15, 0.2) is 0 Å². The minimum Gasteiger partial charge on any atom is -0.479 e. The number of hydrogen-bond donors (Lipinski definition) is 4. The summed E-state index contributed by atoms with van der Waals surface area (Å²) in [7, 11) is 0. The van der Waals surface area contributed by atoms with Crippen molar-refractivity contribution in [1.29, 1.82) is 0 Å². The number of aliphatic hydroxyl groups is 2. The average molecular weight is 431 g/mol. The number of rotatable bonds is 21. The minimum atomic E-state index is -2.66. The summed E-state index contributed by atoms with van der Waals surface area (Å²) in [6.07, 6.45) is 15.0. The molecular weight excluding hydrogens is 384 g/mol. The van der Waals surface area contributed by atoms with Crippen LogP contribution in [-0.2, 0) is 9.59 Å². The number of carboxylic acid groups (broad SMARTS) is 2. The van der Waals surface area contributed by atoms with Gasteiger partial charge in [-0.15, -0.1) is 0 Å². The van der Waals surface area contributed by atoms with Crippen LogP contribution in [0.3, 0.4) is 0 Å². The normalized spacial score (nSPS) is 15.5. The van der Waals surface area contributed by atoms with Crippen molar-refractivity contribution in [3.8, 4) is 0 Å². The predicted octanol–water partition coefficient (Wildman–Crippen LogP) is 5.68.